The molecule has 0 atom stereocenters. The Labute approximate surface area is 108 Å². The summed E-state index contributed by atoms with van der Waals surface area (Å²) in [6.07, 6.45) is 5.06. The van der Waals surface area contributed by atoms with Gasteiger partial charge in [0.15, 0.2) is 0 Å². The molecule has 18 heavy (non-hydrogen) atoms. The van der Waals surface area contributed by atoms with Crippen LogP contribution in [0.15, 0.2) is 24.3 Å². The van der Waals surface area contributed by atoms with Crippen LogP contribution in [-0.2, 0) is 6.54 Å². The molecule has 2 rings (SSSR count). The highest BCUT2D eigenvalue weighted by atomic mass is 16.2. The average molecular weight is 247 g/mol. The molecule has 0 bridgehead atoms. The molecule has 0 heterocycles. The number of rotatable bonds is 6. The Balaban J connectivity index is 1.65. The van der Waals surface area contributed by atoms with Gasteiger partial charge in [0.1, 0.15) is 0 Å². The van der Waals surface area contributed by atoms with Crippen molar-refractivity contribution in [3.8, 4) is 0 Å². The van der Waals surface area contributed by atoms with Crippen LogP contribution in [0.5, 0.6) is 0 Å². The molecule has 0 saturated heterocycles. The lowest BCUT2D eigenvalue weighted by atomic mass is 10.2. The van der Waals surface area contributed by atoms with Crippen molar-refractivity contribution in [1.82, 2.24) is 5.32 Å². The van der Waals surface area contributed by atoms with E-state index in [0.717, 1.165) is 30.1 Å². The van der Waals surface area contributed by atoms with Crippen LogP contribution in [-0.4, -0.2) is 12.6 Å². The van der Waals surface area contributed by atoms with Gasteiger partial charge in [-0.3, -0.25) is 0 Å². The molecule has 1 fully saturated rings. The lowest BCUT2D eigenvalue weighted by Crippen LogP contribution is -2.29. The Hall–Kier alpha value is -1.55. The topological polar surface area (TPSA) is 67.1 Å². The number of hydrogen-bond acceptors (Lipinski definition) is 2. The summed E-state index contributed by atoms with van der Waals surface area (Å²) in [6.45, 7) is 1.27. The molecular weight excluding hydrogens is 226 g/mol. The molecule has 0 spiro atoms. The van der Waals surface area contributed by atoms with E-state index in [2.05, 4.69) is 10.6 Å². The van der Waals surface area contributed by atoms with E-state index in [0.29, 0.717) is 6.54 Å². The third kappa shape index (κ3) is 4.37. The van der Waals surface area contributed by atoms with Gasteiger partial charge in [0.05, 0.1) is 0 Å². The van der Waals surface area contributed by atoms with Crippen LogP contribution >= 0.6 is 0 Å². The molecule has 1 aliphatic rings. The Morgan fingerprint density at radius 1 is 1.28 bits per heavy atom. The second-order valence-electron chi connectivity index (χ2n) is 4.87. The molecule has 1 aliphatic carbocycles. The lowest BCUT2D eigenvalue weighted by Gasteiger charge is -2.07. The van der Waals surface area contributed by atoms with Crippen molar-refractivity contribution in [2.45, 2.75) is 32.2 Å². The molecule has 0 aromatic heterocycles. The number of amides is 2. The van der Waals surface area contributed by atoms with Gasteiger partial charge in [-0.1, -0.05) is 25.0 Å². The monoisotopic (exact) mass is 247 g/mol. The molecule has 0 unspecified atom stereocenters. The maximum absolute atomic E-state index is 11.6. The maximum atomic E-state index is 11.6. The van der Waals surface area contributed by atoms with Crippen LogP contribution in [0.3, 0.4) is 0 Å². The third-order valence-electron chi connectivity index (χ3n) is 3.22. The van der Waals surface area contributed by atoms with Crippen LogP contribution in [0.4, 0.5) is 10.5 Å². The lowest BCUT2D eigenvalue weighted by molar-refractivity contribution is 0.252. The van der Waals surface area contributed by atoms with Gasteiger partial charge in [-0.2, -0.15) is 0 Å². The number of nitrogens with one attached hydrogen (secondary N) is 2. The Kier molecular flexibility index (Phi) is 4.59. The van der Waals surface area contributed by atoms with Crippen LogP contribution in [0, 0.1) is 5.92 Å². The molecule has 4 nitrogen and oxygen atoms in total. The first-order valence-electron chi connectivity index (χ1n) is 6.62. The van der Waals surface area contributed by atoms with E-state index in [4.69, 9.17) is 5.73 Å². The molecule has 98 valence electrons. The first-order valence-corrected chi connectivity index (χ1v) is 6.62. The van der Waals surface area contributed by atoms with E-state index in [9.17, 15) is 4.79 Å². The van der Waals surface area contributed by atoms with Crippen molar-refractivity contribution < 1.29 is 4.79 Å². The fourth-order valence-electron chi connectivity index (χ4n) is 1.90. The summed E-state index contributed by atoms with van der Waals surface area (Å²) in [4.78, 5) is 11.6. The fraction of sp³-hybridized carbons (Fsp3) is 0.500. The number of urea groups is 1. The highest BCUT2D eigenvalue weighted by Crippen LogP contribution is 2.33. The van der Waals surface area contributed by atoms with Crippen molar-refractivity contribution in [3.05, 3.63) is 29.8 Å². The molecular formula is C14H21N3O. The number of hydrogen-bond donors (Lipinski definition) is 3. The molecule has 0 aliphatic heterocycles. The molecule has 1 aromatic carbocycles. The summed E-state index contributed by atoms with van der Waals surface area (Å²) in [5.74, 6) is 0.929. The second kappa shape index (κ2) is 6.40. The van der Waals surface area contributed by atoms with Gasteiger partial charge in [0, 0.05) is 18.8 Å². The van der Waals surface area contributed by atoms with Gasteiger partial charge in [-0.25, -0.2) is 4.79 Å². The van der Waals surface area contributed by atoms with Crippen molar-refractivity contribution in [3.63, 3.8) is 0 Å². The number of carbonyl (C=O) groups excluding carboxylic acids is 1. The Bertz CT molecular complexity index is 385. The van der Waals surface area contributed by atoms with Crippen LogP contribution in [0.1, 0.15) is 31.2 Å². The van der Waals surface area contributed by atoms with Crippen LogP contribution < -0.4 is 16.4 Å². The van der Waals surface area contributed by atoms with Gasteiger partial charge in [0.25, 0.3) is 0 Å². The number of benzene rings is 1. The van der Waals surface area contributed by atoms with Gasteiger partial charge < -0.3 is 16.4 Å². The molecule has 0 radical (unpaired) electrons. The predicted octanol–water partition coefficient (Wildman–Crippen LogP) is 2.46. The molecule has 2 amide bonds. The first kappa shape index (κ1) is 12.9. The summed E-state index contributed by atoms with van der Waals surface area (Å²) in [7, 11) is 0. The Morgan fingerprint density at radius 3 is 2.61 bits per heavy atom. The minimum absolute atomic E-state index is 0.133. The zero-order chi connectivity index (χ0) is 12.8. The van der Waals surface area contributed by atoms with E-state index >= 15 is 0 Å². The highest BCUT2D eigenvalue weighted by Gasteiger charge is 2.20. The zero-order valence-corrected chi connectivity index (χ0v) is 10.6. The maximum Gasteiger partial charge on any atom is 0.319 e. The van der Waals surface area contributed by atoms with Gasteiger partial charge in [0.2, 0.25) is 0 Å². The number of nitrogens with two attached hydrogens (primary N) is 1. The van der Waals surface area contributed by atoms with E-state index in [1.807, 2.05) is 24.3 Å². The van der Waals surface area contributed by atoms with Gasteiger partial charge in [-0.15, -0.1) is 0 Å². The van der Waals surface area contributed by atoms with Crippen LogP contribution in [0.25, 0.3) is 0 Å². The summed E-state index contributed by atoms with van der Waals surface area (Å²) >= 11 is 0. The number of anilines is 1. The normalized spacial score (nSPS) is 14.3. The van der Waals surface area contributed by atoms with E-state index < -0.39 is 0 Å². The average Bonchev–Trinajstić information content (AvgIpc) is 3.20. The van der Waals surface area contributed by atoms with E-state index in [1.54, 1.807) is 0 Å². The quantitative estimate of drug-likeness (QED) is 0.676. The van der Waals surface area contributed by atoms with E-state index in [1.165, 1.54) is 19.3 Å². The molecule has 1 saturated carbocycles. The Morgan fingerprint density at radius 2 is 2.00 bits per heavy atom. The summed E-state index contributed by atoms with van der Waals surface area (Å²) in [5.41, 5.74) is 7.37. The predicted molar refractivity (Wildman–Crippen MR) is 73.3 cm³/mol. The summed E-state index contributed by atoms with van der Waals surface area (Å²) < 4.78 is 0. The third-order valence-corrected chi connectivity index (χ3v) is 3.22. The largest absolute Gasteiger partial charge is 0.338 e. The minimum Gasteiger partial charge on any atom is -0.338 e. The first-order chi connectivity index (χ1) is 8.78. The summed E-state index contributed by atoms with van der Waals surface area (Å²) in [5, 5.41) is 5.67. The minimum atomic E-state index is -0.133. The fourth-order valence-corrected chi connectivity index (χ4v) is 1.90. The second-order valence-corrected chi connectivity index (χ2v) is 4.87. The molecule has 4 N–H and O–H groups in total. The van der Waals surface area contributed by atoms with Crippen molar-refractivity contribution in [2.75, 3.05) is 11.9 Å². The van der Waals surface area contributed by atoms with Crippen molar-refractivity contribution in [1.29, 1.82) is 0 Å². The van der Waals surface area contributed by atoms with Crippen LogP contribution in [0.2, 0.25) is 0 Å². The zero-order valence-electron chi connectivity index (χ0n) is 10.6. The standard InChI is InChI=1S/C14H21N3O/c15-10-12-5-7-13(8-6-12)17-14(18)16-9-1-2-11-3-4-11/h5-8,11H,1-4,9-10,15H2,(H2,16,17,18). The SMILES string of the molecule is NCc1ccc(NC(=O)NCCCC2CC2)cc1. The highest BCUT2D eigenvalue weighted by molar-refractivity contribution is 5.89. The molecule has 4 heteroatoms. The van der Waals surface area contributed by atoms with Gasteiger partial charge >= 0.3 is 6.03 Å². The summed E-state index contributed by atoms with van der Waals surface area (Å²) in [6, 6.07) is 7.44. The van der Waals surface area contributed by atoms with E-state index in [-0.39, 0.29) is 6.03 Å². The number of carbonyl (C=O) groups is 1. The van der Waals surface area contributed by atoms with Gasteiger partial charge in [-0.05, 0) is 36.5 Å². The van der Waals surface area contributed by atoms with Crippen molar-refractivity contribution in [2.24, 2.45) is 11.7 Å². The smallest absolute Gasteiger partial charge is 0.319 e. The van der Waals surface area contributed by atoms with Crippen molar-refractivity contribution >= 4 is 11.7 Å². The molecule has 1 aromatic rings.